The Morgan fingerprint density at radius 2 is 2.00 bits per heavy atom. The summed E-state index contributed by atoms with van der Waals surface area (Å²) in [4.78, 5) is 14.8. The molecule has 2 heterocycles. The predicted molar refractivity (Wildman–Crippen MR) is 111 cm³/mol. The zero-order valence-corrected chi connectivity index (χ0v) is 17.3. The van der Waals surface area contributed by atoms with Crippen molar-refractivity contribution in [3.8, 4) is 34.5 Å². The van der Waals surface area contributed by atoms with Crippen LogP contribution in [0, 0.1) is 17.0 Å². The topological polar surface area (TPSA) is 114 Å². The lowest BCUT2D eigenvalue weighted by Crippen LogP contribution is -1.96. The SMILES string of the molecule is COc1ccc(Cl)cc1-c1noc(-c2ccc(COc3ccc([N+](=O)[O-])c(C)c3)o2)n1. The highest BCUT2D eigenvalue weighted by atomic mass is 35.5. The molecule has 0 amide bonds. The molecule has 0 aliphatic heterocycles. The fourth-order valence-corrected chi connectivity index (χ4v) is 3.11. The molecule has 10 heteroatoms. The lowest BCUT2D eigenvalue weighted by molar-refractivity contribution is -0.385. The van der Waals surface area contributed by atoms with Gasteiger partial charge in [0.2, 0.25) is 5.82 Å². The third kappa shape index (κ3) is 4.36. The number of benzene rings is 2. The van der Waals surface area contributed by atoms with Crippen molar-refractivity contribution in [1.29, 1.82) is 0 Å². The smallest absolute Gasteiger partial charge is 0.293 e. The largest absolute Gasteiger partial charge is 0.496 e. The van der Waals surface area contributed by atoms with E-state index in [-0.39, 0.29) is 18.2 Å². The van der Waals surface area contributed by atoms with Gasteiger partial charge >= 0.3 is 0 Å². The van der Waals surface area contributed by atoms with E-state index in [1.165, 1.54) is 12.1 Å². The molecule has 0 spiro atoms. The van der Waals surface area contributed by atoms with Crippen LogP contribution >= 0.6 is 11.6 Å². The third-order valence-electron chi connectivity index (χ3n) is 4.45. The summed E-state index contributed by atoms with van der Waals surface area (Å²) < 4.78 is 22.0. The monoisotopic (exact) mass is 441 g/mol. The Balaban J connectivity index is 1.48. The fraction of sp³-hybridized carbons (Fsp3) is 0.143. The summed E-state index contributed by atoms with van der Waals surface area (Å²) in [5, 5.41) is 15.4. The summed E-state index contributed by atoms with van der Waals surface area (Å²) in [6, 6.07) is 13.1. The van der Waals surface area contributed by atoms with Crippen molar-refractivity contribution in [1.82, 2.24) is 10.1 Å². The van der Waals surface area contributed by atoms with Gasteiger partial charge in [0.15, 0.2) is 5.76 Å². The van der Waals surface area contributed by atoms with Gasteiger partial charge in [0.25, 0.3) is 11.6 Å². The molecule has 0 fully saturated rings. The number of nitrogens with zero attached hydrogens (tertiary/aromatic N) is 3. The van der Waals surface area contributed by atoms with Gasteiger partial charge in [0.1, 0.15) is 23.9 Å². The number of nitro benzene ring substituents is 1. The number of hydrogen-bond acceptors (Lipinski definition) is 8. The average molecular weight is 442 g/mol. The Bertz CT molecular complexity index is 1250. The Morgan fingerprint density at radius 1 is 1.16 bits per heavy atom. The van der Waals surface area contributed by atoms with E-state index in [0.717, 1.165) is 0 Å². The van der Waals surface area contributed by atoms with E-state index in [1.807, 2.05) is 0 Å². The standard InChI is InChI=1S/C21H16ClN3O6/c1-12-9-14(4-6-17(12)25(26)27)29-11-15-5-8-19(30-15)21-23-20(24-31-21)16-10-13(22)3-7-18(16)28-2/h3-10H,11H2,1-2H3. The van der Waals surface area contributed by atoms with E-state index in [0.29, 0.717) is 45.0 Å². The first-order valence-corrected chi connectivity index (χ1v) is 9.47. The highest BCUT2D eigenvalue weighted by molar-refractivity contribution is 6.30. The predicted octanol–water partition coefficient (Wildman–Crippen LogP) is 5.45. The zero-order chi connectivity index (χ0) is 22.0. The van der Waals surface area contributed by atoms with Crippen molar-refractivity contribution >= 4 is 17.3 Å². The molecule has 31 heavy (non-hydrogen) atoms. The summed E-state index contributed by atoms with van der Waals surface area (Å²) in [7, 11) is 1.54. The van der Waals surface area contributed by atoms with Crippen molar-refractivity contribution in [3.05, 3.63) is 75.0 Å². The Kier molecular flexibility index (Phi) is 5.59. The number of aryl methyl sites for hydroxylation is 1. The minimum absolute atomic E-state index is 0.0381. The quantitative estimate of drug-likeness (QED) is 0.274. The third-order valence-corrected chi connectivity index (χ3v) is 4.68. The van der Waals surface area contributed by atoms with Gasteiger partial charge in [0.05, 0.1) is 17.6 Å². The first-order chi connectivity index (χ1) is 14.9. The van der Waals surface area contributed by atoms with Crippen LogP contribution in [0.25, 0.3) is 23.0 Å². The fourth-order valence-electron chi connectivity index (χ4n) is 2.94. The molecule has 2 aromatic heterocycles. The maximum absolute atomic E-state index is 10.9. The Hall–Kier alpha value is -3.85. The molecule has 0 atom stereocenters. The first-order valence-electron chi connectivity index (χ1n) is 9.09. The lowest BCUT2D eigenvalue weighted by Gasteiger charge is -2.05. The van der Waals surface area contributed by atoms with Crippen LogP contribution < -0.4 is 9.47 Å². The van der Waals surface area contributed by atoms with Crippen molar-refractivity contribution in [2.45, 2.75) is 13.5 Å². The molecule has 0 saturated heterocycles. The van der Waals surface area contributed by atoms with Crippen LogP contribution in [-0.4, -0.2) is 22.2 Å². The van der Waals surface area contributed by atoms with Gasteiger partial charge in [-0.3, -0.25) is 10.1 Å². The Labute approximate surface area is 181 Å². The second kappa shape index (κ2) is 8.49. The van der Waals surface area contributed by atoms with Crippen LogP contribution in [0.1, 0.15) is 11.3 Å². The summed E-state index contributed by atoms with van der Waals surface area (Å²) in [5.74, 6) is 2.45. The summed E-state index contributed by atoms with van der Waals surface area (Å²) in [6.45, 7) is 1.78. The molecule has 0 bridgehead atoms. The van der Waals surface area contributed by atoms with E-state index in [2.05, 4.69) is 10.1 Å². The number of ether oxygens (including phenoxy) is 2. The summed E-state index contributed by atoms with van der Waals surface area (Å²) >= 11 is 6.06. The van der Waals surface area contributed by atoms with Crippen LogP contribution in [0.15, 0.2) is 57.5 Å². The van der Waals surface area contributed by atoms with Crippen LogP contribution in [0.3, 0.4) is 0 Å². The molecule has 4 rings (SSSR count). The minimum atomic E-state index is -0.435. The van der Waals surface area contributed by atoms with Crippen molar-refractivity contribution in [2.24, 2.45) is 0 Å². The van der Waals surface area contributed by atoms with Crippen molar-refractivity contribution in [2.75, 3.05) is 7.11 Å². The van der Waals surface area contributed by atoms with Crippen LogP contribution in [0.5, 0.6) is 11.5 Å². The number of nitro groups is 1. The van der Waals surface area contributed by atoms with Gasteiger partial charge in [-0.25, -0.2) is 0 Å². The molecule has 0 N–H and O–H groups in total. The molecule has 9 nitrogen and oxygen atoms in total. The molecule has 0 unspecified atom stereocenters. The minimum Gasteiger partial charge on any atom is -0.496 e. The Morgan fingerprint density at radius 3 is 2.74 bits per heavy atom. The van der Waals surface area contributed by atoms with Gasteiger partial charge in [-0.2, -0.15) is 4.98 Å². The molecule has 0 aliphatic carbocycles. The van der Waals surface area contributed by atoms with E-state index in [9.17, 15) is 10.1 Å². The molecule has 2 aromatic carbocycles. The number of aromatic nitrogens is 2. The number of rotatable bonds is 7. The maximum atomic E-state index is 10.9. The van der Waals surface area contributed by atoms with Gasteiger partial charge in [0, 0.05) is 16.7 Å². The maximum Gasteiger partial charge on any atom is 0.293 e. The number of methoxy groups -OCH3 is 1. The second-order valence-electron chi connectivity index (χ2n) is 6.53. The first kappa shape index (κ1) is 20.4. The average Bonchev–Trinajstić information content (AvgIpc) is 3.41. The summed E-state index contributed by atoms with van der Waals surface area (Å²) in [6.07, 6.45) is 0. The van der Waals surface area contributed by atoms with E-state index in [4.69, 9.17) is 30.0 Å². The normalized spacial score (nSPS) is 10.8. The van der Waals surface area contributed by atoms with Gasteiger partial charge in [-0.05, 0) is 49.4 Å². The van der Waals surface area contributed by atoms with Gasteiger partial charge in [-0.15, -0.1) is 0 Å². The molecular weight excluding hydrogens is 426 g/mol. The molecule has 4 aromatic rings. The van der Waals surface area contributed by atoms with E-state index in [1.54, 1.807) is 50.4 Å². The number of furan rings is 1. The van der Waals surface area contributed by atoms with Crippen LogP contribution in [0.4, 0.5) is 5.69 Å². The second-order valence-corrected chi connectivity index (χ2v) is 6.96. The van der Waals surface area contributed by atoms with Crippen LogP contribution in [-0.2, 0) is 6.61 Å². The molecule has 0 aliphatic rings. The molecule has 0 radical (unpaired) electrons. The van der Waals surface area contributed by atoms with Crippen molar-refractivity contribution < 1.29 is 23.3 Å². The zero-order valence-electron chi connectivity index (χ0n) is 16.5. The number of hydrogen-bond donors (Lipinski definition) is 0. The van der Waals surface area contributed by atoms with E-state index >= 15 is 0 Å². The highest BCUT2D eigenvalue weighted by Crippen LogP contribution is 2.32. The highest BCUT2D eigenvalue weighted by Gasteiger charge is 2.18. The van der Waals surface area contributed by atoms with Crippen molar-refractivity contribution in [3.63, 3.8) is 0 Å². The lowest BCUT2D eigenvalue weighted by atomic mass is 10.2. The van der Waals surface area contributed by atoms with E-state index < -0.39 is 4.92 Å². The molecule has 0 saturated carbocycles. The van der Waals surface area contributed by atoms with Gasteiger partial charge < -0.3 is 18.4 Å². The van der Waals surface area contributed by atoms with Gasteiger partial charge in [-0.1, -0.05) is 16.8 Å². The molecular formula is C21H16ClN3O6. The molecule has 158 valence electrons. The summed E-state index contributed by atoms with van der Waals surface area (Å²) in [5.41, 5.74) is 1.14. The van der Waals surface area contributed by atoms with Crippen LogP contribution in [0.2, 0.25) is 5.02 Å². The number of halogens is 1.